The van der Waals surface area contributed by atoms with Gasteiger partial charge in [0.05, 0.1) is 23.2 Å². The van der Waals surface area contributed by atoms with E-state index in [0.29, 0.717) is 23.2 Å². The van der Waals surface area contributed by atoms with Crippen molar-refractivity contribution in [2.75, 3.05) is 6.54 Å². The minimum absolute atomic E-state index is 0.0791. The SMILES string of the molecule is CCN(C(=O)Cn1c(=O)oc2ccccc21)C(C)c1ccc(C#N)cc1. The molecule has 0 aliphatic heterocycles. The fourth-order valence-corrected chi connectivity index (χ4v) is 3.07. The molecule has 6 nitrogen and oxygen atoms in total. The summed E-state index contributed by atoms with van der Waals surface area (Å²) >= 11 is 0. The second-order valence-electron chi connectivity index (χ2n) is 6.01. The van der Waals surface area contributed by atoms with Crippen LogP contribution in [0.4, 0.5) is 0 Å². The van der Waals surface area contributed by atoms with Gasteiger partial charge in [-0.05, 0) is 43.7 Å². The first-order valence-electron chi connectivity index (χ1n) is 8.43. The first-order chi connectivity index (χ1) is 12.5. The van der Waals surface area contributed by atoms with Crippen LogP contribution in [0.2, 0.25) is 0 Å². The fraction of sp³-hybridized carbons (Fsp3) is 0.250. The summed E-state index contributed by atoms with van der Waals surface area (Å²) in [6, 6.07) is 16.1. The average molecular weight is 349 g/mol. The van der Waals surface area contributed by atoms with Gasteiger partial charge in [0, 0.05) is 6.54 Å². The molecular formula is C20H19N3O3. The molecule has 0 fully saturated rings. The zero-order chi connectivity index (χ0) is 18.7. The maximum absolute atomic E-state index is 12.8. The van der Waals surface area contributed by atoms with Crippen molar-refractivity contribution in [1.82, 2.24) is 9.47 Å². The second kappa shape index (κ2) is 7.28. The molecule has 0 bridgehead atoms. The highest BCUT2D eigenvalue weighted by molar-refractivity contribution is 5.80. The van der Waals surface area contributed by atoms with Crippen LogP contribution >= 0.6 is 0 Å². The molecule has 1 amide bonds. The number of hydrogen-bond acceptors (Lipinski definition) is 4. The second-order valence-corrected chi connectivity index (χ2v) is 6.01. The number of benzene rings is 2. The van der Waals surface area contributed by atoms with E-state index in [9.17, 15) is 9.59 Å². The van der Waals surface area contributed by atoms with E-state index >= 15 is 0 Å². The van der Waals surface area contributed by atoms with E-state index in [1.54, 1.807) is 41.3 Å². The summed E-state index contributed by atoms with van der Waals surface area (Å²) < 4.78 is 6.54. The first kappa shape index (κ1) is 17.5. The molecule has 3 rings (SSSR count). The van der Waals surface area contributed by atoms with Crippen molar-refractivity contribution in [1.29, 1.82) is 5.26 Å². The van der Waals surface area contributed by atoms with Gasteiger partial charge in [-0.25, -0.2) is 4.79 Å². The van der Waals surface area contributed by atoms with Gasteiger partial charge in [0.15, 0.2) is 5.58 Å². The number of para-hydroxylation sites is 2. The molecule has 0 aliphatic carbocycles. The van der Waals surface area contributed by atoms with Crippen LogP contribution in [0.3, 0.4) is 0 Å². The largest absolute Gasteiger partial charge is 0.420 e. The Bertz CT molecular complexity index is 1020. The molecule has 6 heteroatoms. The van der Waals surface area contributed by atoms with Gasteiger partial charge in [0.1, 0.15) is 6.54 Å². The molecule has 1 unspecified atom stereocenters. The van der Waals surface area contributed by atoms with E-state index in [2.05, 4.69) is 6.07 Å². The van der Waals surface area contributed by atoms with Gasteiger partial charge >= 0.3 is 5.76 Å². The number of fused-ring (bicyclic) bond motifs is 1. The van der Waals surface area contributed by atoms with Crippen molar-refractivity contribution in [2.24, 2.45) is 0 Å². The summed E-state index contributed by atoms with van der Waals surface area (Å²) in [5.41, 5.74) is 2.58. The smallest absolute Gasteiger partial charge is 0.408 e. The number of aromatic nitrogens is 1. The third-order valence-electron chi connectivity index (χ3n) is 4.52. The lowest BCUT2D eigenvalue weighted by atomic mass is 10.0. The van der Waals surface area contributed by atoms with Gasteiger partial charge in [-0.2, -0.15) is 5.26 Å². The predicted molar refractivity (Wildman–Crippen MR) is 97.4 cm³/mol. The molecule has 0 saturated carbocycles. The normalized spacial score (nSPS) is 11.9. The lowest BCUT2D eigenvalue weighted by Gasteiger charge is -2.28. The Kier molecular flexibility index (Phi) is 4.90. The average Bonchev–Trinajstić information content (AvgIpc) is 2.97. The predicted octanol–water partition coefficient (Wildman–Crippen LogP) is 3.08. The number of carbonyl (C=O) groups is 1. The van der Waals surface area contributed by atoms with Gasteiger partial charge in [0.2, 0.25) is 5.91 Å². The summed E-state index contributed by atoms with van der Waals surface area (Å²) in [6.45, 7) is 4.25. The number of nitrogens with zero attached hydrogens (tertiary/aromatic N) is 3. The van der Waals surface area contributed by atoms with Crippen LogP contribution in [-0.4, -0.2) is 21.9 Å². The number of carbonyl (C=O) groups excluding carboxylic acids is 1. The number of hydrogen-bond donors (Lipinski definition) is 0. The number of rotatable bonds is 5. The monoisotopic (exact) mass is 349 g/mol. The third kappa shape index (κ3) is 3.24. The van der Waals surface area contributed by atoms with Crippen molar-refractivity contribution in [3.8, 4) is 6.07 Å². The summed E-state index contributed by atoms with van der Waals surface area (Å²) in [5, 5.41) is 8.91. The van der Waals surface area contributed by atoms with Crippen molar-refractivity contribution >= 4 is 17.0 Å². The van der Waals surface area contributed by atoms with Crippen LogP contribution < -0.4 is 5.76 Å². The highest BCUT2D eigenvalue weighted by atomic mass is 16.4. The number of amides is 1. The van der Waals surface area contributed by atoms with Gasteiger partial charge in [-0.15, -0.1) is 0 Å². The quantitative estimate of drug-likeness (QED) is 0.709. The fourth-order valence-electron chi connectivity index (χ4n) is 3.07. The van der Waals surface area contributed by atoms with Gasteiger partial charge in [-0.3, -0.25) is 9.36 Å². The van der Waals surface area contributed by atoms with E-state index < -0.39 is 5.76 Å². The minimum Gasteiger partial charge on any atom is -0.408 e. The van der Waals surface area contributed by atoms with Crippen LogP contribution in [0.15, 0.2) is 57.7 Å². The molecule has 132 valence electrons. The Labute approximate surface area is 150 Å². The molecule has 0 N–H and O–H groups in total. The Balaban J connectivity index is 1.85. The molecule has 1 heterocycles. The highest BCUT2D eigenvalue weighted by Crippen LogP contribution is 2.21. The molecule has 2 aromatic carbocycles. The van der Waals surface area contributed by atoms with Crippen molar-refractivity contribution < 1.29 is 9.21 Å². The number of likely N-dealkylation sites (N-methyl/N-ethyl adjacent to an activating group) is 1. The van der Waals surface area contributed by atoms with E-state index in [-0.39, 0.29) is 18.5 Å². The van der Waals surface area contributed by atoms with E-state index in [0.717, 1.165) is 5.56 Å². The van der Waals surface area contributed by atoms with Crippen LogP contribution in [-0.2, 0) is 11.3 Å². The van der Waals surface area contributed by atoms with Crippen molar-refractivity contribution in [2.45, 2.75) is 26.4 Å². The molecule has 1 aromatic heterocycles. The summed E-state index contributed by atoms with van der Waals surface area (Å²) in [6.07, 6.45) is 0. The molecule has 0 spiro atoms. The maximum Gasteiger partial charge on any atom is 0.420 e. The van der Waals surface area contributed by atoms with E-state index in [4.69, 9.17) is 9.68 Å². The van der Waals surface area contributed by atoms with E-state index in [1.165, 1.54) is 4.57 Å². The van der Waals surface area contributed by atoms with Gasteiger partial charge in [-0.1, -0.05) is 24.3 Å². The van der Waals surface area contributed by atoms with E-state index in [1.807, 2.05) is 26.0 Å². The maximum atomic E-state index is 12.8. The lowest BCUT2D eigenvalue weighted by molar-refractivity contribution is -0.133. The molecule has 1 atom stereocenters. The number of nitriles is 1. The van der Waals surface area contributed by atoms with Crippen LogP contribution in [0.25, 0.3) is 11.1 Å². The Morgan fingerprint density at radius 1 is 1.23 bits per heavy atom. The zero-order valence-electron chi connectivity index (χ0n) is 14.7. The zero-order valence-corrected chi connectivity index (χ0v) is 14.7. The van der Waals surface area contributed by atoms with Crippen LogP contribution in [0, 0.1) is 11.3 Å². The topological polar surface area (TPSA) is 79.2 Å². The third-order valence-corrected chi connectivity index (χ3v) is 4.52. The summed E-state index contributed by atoms with van der Waals surface area (Å²) in [4.78, 5) is 26.6. The highest BCUT2D eigenvalue weighted by Gasteiger charge is 2.22. The number of oxazole rings is 1. The van der Waals surface area contributed by atoms with Gasteiger partial charge in [0.25, 0.3) is 0 Å². The minimum atomic E-state index is -0.540. The van der Waals surface area contributed by atoms with Crippen LogP contribution in [0.1, 0.15) is 31.0 Å². The molecule has 0 radical (unpaired) electrons. The van der Waals surface area contributed by atoms with Crippen molar-refractivity contribution in [3.05, 3.63) is 70.2 Å². The Hall–Kier alpha value is -3.33. The van der Waals surface area contributed by atoms with Crippen LogP contribution in [0.5, 0.6) is 0 Å². The lowest BCUT2D eigenvalue weighted by Crippen LogP contribution is -2.37. The molecule has 0 aliphatic rings. The Morgan fingerprint density at radius 2 is 1.92 bits per heavy atom. The summed E-state index contributed by atoms with van der Waals surface area (Å²) in [7, 11) is 0. The molecule has 3 aromatic rings. The molecule has 26 heavy (non-hydrogen) atoms. The molecule has 0 saturated heterocycles. The standard InChI is InChI=1S/C20H19N3O3/c1-3-22(14(2)16-10-8-15(12-21)9-11-16)19(24)13-23-17-6-4-5-7-18(17)26-20(23)25/h4-11,14H,3,13H2,1-2H3. The van der Waals surface area contributed by atoms with Crippen molar-refractivity contribution in [3.63, 3.8) is 0 Å². The van der Waals surface area contributed by atoms with Gasteiger partial charge < -0.3 is 9.32 Å². The summed E-state index contributed by atoms with van der Waals surface area (Å²) in [5.74, 6) is -0.709. The first-order valence-corrected chi connectivity index (χ1v) is 8.43. The molecular weight excluding hydrogens is 330 g/mol. The Morgan fingerprint density at radius 3 is 2.58 bits per heavy atom.